The van der Waals surface area contributed by atoms with Crippen LogP contribution in [0, 0.1) is 18.3 Å². The van der Waals surface area contributed by atoms with Crippen LogP contribution in [0.15, 0.2) is 0 Å². The van der Waals surface area contributed by atoms with Crippen LogP contribution in [0.1, 0.15) is 33.6 Å². The molecular weight excluding hydrogens is 214 g/mol. The Morgan fingerprint density at radius 3 is 2.88 bits per heavy atom. The van der Waals surface area contributed by atoms with Crippen LogP contribution < -0.4 is 0 Å². The van der Waals surface area contributed by atoms with Crippen LogP contribution >= 0.6 is 0 Å². The zero-order chi connectivity index (χ0) is 12.9. The van der Waals surface area contributed by atoms with Gasteiger partial charge in [0.1, 0.15) is 5.60 Å². The summed E-state index contributed by atoms with van der Waals surface area (Å²) in [5.41, 5.74) is -0.587. The van der Waals surface area contributed by atoms with Gasteiger partial charge in [-0.3, -0.25) is 0 Å². The van der Waals surface area contributed by atoms with Gasteiger partial charge in [-0.05, 0) is 39.2 Å². The lowest BCUT2D eigenvalue weighted by Gasteiger charge is -2.32. The Bertz CT molecular complexity index is 270. The van der Waals surface area contributed by atoms with Crippen LogP contribution in [-0.2, 0) is 4.74 Å². The third-order valence-electron chi connectivity index (χ3n) is 3.19. The van der Waals surface area contributed by atoms with E-state index in [1.165, 1.54) is 12.8 Å². The summed E-state index contributed by atoms with van der Waals surface area (Å²) in [6.07, 6.45) is 7.40. The van der Waals surface area contributed by atoms with Crippen molar-refractivity contribution in [2.24, 2.45) is 5.92 Å². The van der Waals surface area contributed by atoms with Crippen molar-refractivity contribution in [3.05, 3.63) is 0 Å². The van der Waals surface area contributed by atoms with Crippen LogP contribution in [0.25, 0.3) is 0 Å². The van der Waals surface area contributed by atoms with E-state index in [9.17, 15) is 5.11 Å². The molecule has 98 valence electrons. The molecule has 0 aliphatic carbocycles. The normalized spacial score (nSPS) is 24.3. The standard InChI is InChI=1S/C14H25NO2/c1-5-14(3,4)17-11-13(16)10-15-8-6-7-12(2)9-15/h1,12-13,16H,6-11H2,2-4H3/t12-,13-/m1/s1. The number of terminal acetylenes is 1. The van der Waals surface area contributed by atoms with E-state index < -0.39 is 11.7 Å². The largest absolute Gasteiger partial charge is 0.389 e. The van der Waals surface area contributed by atoms with E-state index in [1.807, 2.05) is 13.8 Å². The molecule has 1 saturated heterocycles. The van der Waals surface area contributed by atoms with Crippen molar-refractivity contribution in [2.75, 3.05) is 26.2 Å². The van der Waals surface area contributed by atoms with Crippen molar-refractivity contribution in [1.82, 2.24) is 4.90 Å². The summed E-state index contributed by atoms with van der Waals surface area (Å²) in [6, 6.07) is 0. The van der Waals surface area contributed by atoms with E-state index in [2.05, 4.69) is 17.7 Å². The fraction of sp³-hybridized carbons (Fsp3) is 0.857. The maximum atomic E-state index is 9.91. The average molecular weight is 239 g/mol. The van der Waals surface area contributed by atoms with Crippen molar-refractivity contribution >= 4 is 0 Å². The number of aliphatic hydroxyl groups is 1. The van der Waals surface area contributed by atoms with Crippen LogP contribution in [0.3, 0.4) is 0 Å². The zero-order valence-corrected chi connectivity index (χ0v) is 11.3. The van der Waals surface area contributed by atoms with Gasteiger partial charge in [0.25, 0.3) is 0 Å². The Morgan fingerprint density at radius 2 is 2.29 bits per heavy atom. The summed E-state index contributed by atoms with van der Waals surface area (Å²) in [7, 11) is 0. The quantitative estimate of drug-likeness (QED) is 0.738. The number of rotatable bonds is 5. The van der Waals surface area contributed by atoms with Crippen LogP contribution in [0.4, 0.5) is 0 Å². The van der Waals surface area contributed by atoms with Gasteiger partial charge in [-0.2, -0.15) is 0 Å². The van der Waals surface area contributed by atoms with E-state index in [0.717, 1.165) is 19.0 Å². The molecule has 1 aliphatic heterocycles. The first-order chi connectivity index (χ1) is 7.93. The summed E-state index contributed by atoms with van der Waals surface area (Å²) in [6.45, 7) is 9.09. The molecule has 0 bridgehead atoms. The highest BCUT2D eigenvalue weighted by atomic mass is 16.5. The van der Waals surface area contributed by atoms with Gasteiger partial charge >= 0.3 is 0 Å². The molecular formula is C14H25NO2. The monoisotopic (exact) mass is 239 g/mol. The molecule has 0 aromatic rings. The van der Waals surface area contributed by atoms with Crippen LogP contribution in [0.2, 0.25) is 0 Å². The summed E-state index contributed by atoms with van der Waals surface area (Å²) in [5, 5.41) is 9.91. The molecule has 0 aromatic carbocycles. The second-order valence-corrected chi connectivity index (χ2v) is 5.63. The highest BCUT2D eigenvalue weighted by molar-refractivity contribution is 5.02. The van der Waals surface area contributed by atoms with Crippen LogP contribution in [-0.4, -0.2) is 48.0 Å². The second-order valence-electron chi connectivity index (χ2n) is 5.63. The van der Waals surface area contributed by atoms with Gasteiger partial charge in [0.05, 0.1) is 12.7 Å². The number of hydrogen-bond acceptors (Lipinski definition) is 3. The topological polar surface area (TPSA) is 32.7 Å². The van der Waals surface area contributed by atoms with Crippen molar-refractivity contribution in [3.8, 4) is 12.3 Å². The molecule has 0 saturated carbocycles. The third kappa shape index (κ3) is 5.54. The molecule has 1 N–H and O–H groups in total. The second kappa shape index (κ2) is 6.39. The third-order valence-corrected chi connectivity index (χ3v) is 3.19. The SMILES string of the molecule is C#CC(C)(C)OC[C@H](O)CN1CCC[C@@H](C)C1. The number of aliphatic hydroxyl groups excluding tert-OH is 1. The summed E-state index contributed by atoms with van der Waals surface area (Å²) in [4.78, 5) is 2.31. The van der Waals surface area contributed by atoms with Gasteiger partial charge in [0, 0.05) is 13.1 Å². The number of hydrogen-bond donors (Lipinski definition) is 1. The summed E-state index contributed by atoms with van der Waals surface area (Å²) >= 11 is 0. The first-order valence-corrected chi connectivity index (χ1v) is 6.45. The number of piperidine rings is 1. The van der Waals surface area contributed by atoms with Gasteiger partial charge in [-0.1, -0.05) is 12.8 Å². The minimum atomic E-state index is -0.587. The van der Waals surface area contributed by atoms with Crippen molar-refractivity contribution in [1.29, 1.82) is 0 Å². The van der Waals surface area contributed by atoms with Crippen molar-refractivity contribution in [2.45, 2.75) is 45.3 Å². The predicted molar refractivity (Wildman–Crippen MR) is 69.7 cm³/mol. The first kappa shape index (κ1) is 14.5. The van der Waals surface area contributed by atoms with Crippen molar-refractivity contribution < 1.29 is 9.84 Å². The zero-order valence-electron chi connectivity index (χ0n) is 11.3. The highest BCUT2D eigenvalue weighted by Gasteiger charge is 2.21. The van der Waals surface area contributed by atoms with Gasteiger partial charge < -0.3 is 14.7 Å². The lowest BCUT2D eigenvalue weighted by Crippen LogP contribution is -2.41. The first-order valence-electron chi connectivity index (χ1n) is 6.45. The molecule has 1 aliphatic rings. The minimum Gasteiger partial charge on any atom is -0.389 e. The number of nitrogens with zero attached hydrogens (tertiary/aromatic N) is 1. The molecule has 1 rings (SSSR count). The maximum absolute atomic E-state index is 9.91. The molecule has 0 radical (unpaired) electrons. The minimum absolute atomic E-state index is 0.308. The highest BCUT2D eigenvalue weighted by Crippen LogP contribution is 2.16. The lowest BCUT2D eigenvalue weighted by atomic mass is 10.00. The molecule has 1 fully saturated rings. The fourth-order valence-electron chi connectivity index (χ4n) is 2.15. The van der Waals surface area contributed by atoms with Gasteiger partial charge in [0.15, 0.2) is 0 Å². The van der Waals surface area contributed by atoms with Crippen molar-refractivity contribution in [3.63, 3.8) is 0 Å². The van der Waals surface area contributed by atoms with Gasteiger partial charge in [-0.25, -0.2) is 0 Å². The molecule has 0 spiro atoms. The molecule has 1 heterocycles. The van der Waals surface area contributed by atoms with E-state index in [0.29, 0.717) is 13.2 Å². The van der Waals surface area contributed by atoms with E-state index in [-0.39, 0.29) is 0 Å². The molecule has 0 unspecified atom stereocenters. The van der Waals surface area contributed by atoms with E-state index in [1.54, 1.807) is 0 Å². The van der Waals surface area contributed by atoms with Crippen LogP contribution in [0.5, 0.6) is 0 Å². The number of β-amino-alcohol motifs (C(OH)–C–C–N with tert-alkyl or cyclic N) is 1. The summed E-state index contributed by atoms with van der Waals surface area (Å²) < 4.78 is 5.50. The smallest absolute Gasteiger partial charge is 0.122 e. The fourth-order valence-corrected chi connectivity index (χ4v) is 2.15. The Labute approximate surface area is 105 Å². The predicted octanol–water partition coefficient (Wildman–Crippen LogP) is 1.51. The van der Waals surface area contributed by atoms with E-state index in [4.69, 9.17) is 11.2 Å². The Kier molecular flexibility index (Phi) is 5.45. The molecule has 0 aromatic heterocycles. The maximum Gasteiger partial charge on any atom is 0.122 e. The molecule has 2 atom stereocenters. The molecule has 3 heteroatoms. The molecule has 0 amide bonds. The lowest BCUT2D eigenvalue weighted by molar-refractivity contribution is -0.0401. The van der Waals surface area contributed by atoms with E-state index >= 15 is 0 Å². The molecule has 3 nitrogen and oxygen atoms in total. The Balaban J connectivity index is 2.25. The number of ether oxygens (including phenoxy) is 1. The molecule has 17 heavy (non-hydrogen) atoms. The Morgan fingerprint density at radius 1 is 1.59 bits per heavy atom. The Hall–Kier alpha value is -0.560. The average Bonchev–Trinajstić information content (AvgIpc) is 2.27. The summed E-state index contributed by atoms with van der Waals surface area (Å²) in [5.74, 6) is 3.30. The van der Waals surface area contributed by atoms with Gasteiger partial charge in [-0.15, -0.1) is 6.42 Å². The van der Waals surface area contributed by atoms with Gasteiger partial charge in [0.2, 0.25) is 0 Å². The number of likely N-dealkylation sites (tertiary alicyclic amines) is 1.